The summed E-state index contributed by atoms with van der Waals surface area (Å²) in [4.78, 5) is 13.3. The number of fused-ring (bicyclic) bond motifs is 1. The summed E-state index contributed by atoms with van der Waals surface area (Å²) in [6, 6.07) is 36.8. The number of aromatic nitrogens is 3. The number of benzene rings is 3. The molecule has 6 aromatic rings. The third kappa shape index (κ3) is 6.44. The number of rotatable bonds is 3. The minimum atomic E-state index is 0. The molecule has 0 aliphatic rings. The van der Waals surface area contributed by atoms with Crippen LogP contribution in [0.5, 0.6) is 0 Å². The molecule has 0 spiro atoms. The quantitative estimate of drug-likeness (QED) is 0.173. The maximum absolute atomic E-state index is 6.06. The van der Waals surface area contributed by atoms with E-state index in [0.29, 0.717) is 5.71 Å². The Morgan fingerprint density at radius 1 is 0.750 bits per heavy atom. The van der Waals surface area contributed by atoms with Gasteiger partial charge in [-0.05, 0) is 36.6 Å². The minimum Gasteiger partial charge on any atom is -0.438 e. The van der Waals surface area contributed by atoms with E-state index in [-0.39, 0.29) is 25.5 Å². The smallest absolute Gasteiger partial charge is 0.221 e. The first-order valence-corrected chi connectivity index (χ1v) is 13.0. The van der Waals surface area contributed by atoms with Gasteiger partial charge in [-0.25, -0.2) is 4.98 Å². The number of pyridine rings is 1. The van der Waals surface area contributed by atoms with E-state index in [9.17, 15) is 0 Å². The second-order valence-corrected chi connectivity index (χ2v) is 10.5. The Hall–Kier alpha value is -3.92. The van der Waals surface area contributed by atoms with Crippen molar-refractivity contribution in [1.29, 1.82) is 0 Å². The average Bonchev–Trinajstić information content (AvgIpc) is 3.30. The maximum Gasteiger partial charge on any atom is 0.221 e. The summed E-state index contributed by atoms with van der Waals surface area (Å²) < 4.78 is 6.06. The van der Waals surface area contributed by atoms with Crippen LogP contribution in [0.25, 0.3) is 44.9 Å². The van der Waals surface area contributed by atoms with E-state index in [4.69, 9.17) is 4.42 Å². The van der Waals surface area contributed by atoms with Gasteiger partial charge in [-0.3, -0.25) is 4.98 Å². The molecule has 0 unspecified atom stereocenters. The van der Waals surface area contributed by atoms with Crippen molar-refractivity contribution < 1.29 is 24.5 Å². The fraction of sp³-hybridized carbons (Fsp3) is 0.171. The Morgan fingerprint density at radius 3 is 2.17 bits per heavy atom. The van der Waals surface area contributed by atoms with E-state index in [0.717, 1.165) is 50.5 Å². The Bertz CT molecular complexity index is 1690. The topological polar surface area (TPSA) is 51.8 Å². The summed E-state index contributed by atoms with van der Waals surface area (Å²) in [6.07, 6.45) is 1.56. The van der Waals surface area contributed by atoms with Crippen LogP contribution in [-0.4, -0.2) is 15.0 Å². The largest absolute Gasteiger partial charge is 0.438 e. The predicted molar refractivity (Wildman–Crippen MR) is 158 cm³/mol. The molecule has 0 fully saturated rings. The van der Waals surface area contributed by atoms with Gasteiger partial charge in [-0.15, -0.1) is 71.3 Å². The molecule has 40 heavy (non-hydrogen) atoms. The van der Waals surface area contributed by atoms with Crippen LogP contribution in [0.2, 0.25) is 0 Å². The van der Waals surface area contributed by atoms with Crippen LogP contribution in [-0.2, 0) is 25.5 Å². The summed E-state index contributed by atoms with van der Waals surface area (Å²) in [5.74, 6) is 0.841. The standard InChI is InChI=1S/C23H21N2O.C12H10N.Ir/c1-15-19-20(16-10-12-18(13-11-16)23(2,3)4)24-14-25-22(19)26-21(15)17-8-6-5-7-9-17;1-10-6-5-9-12(13-10)11-7-3-2-4-8-11;/h5-10,12-14H,1-4H3;2-7,9H,1H3;/q2*-1;. The molecule has 4 nitrogen and oxygen atoms in total. The van der Waals surface area contributed by atoms with E-state index in [1.807, 2.05) is 79.7 Å². The number of hydrogen-bond donors (Lipinski definition) is 0. The van der Waals surface area contributed by atoms with Crippen molar-refractivity contribution in [2.75, 3.05) is 0 Å². The molecule has 6 rings (SSSR count). The van der Waals surface area contributed by atoms with E-state index >= 15 is 0 Å². The van der Waals surface area contributed by atoms with Crippen molar-refractivity contribution in [2.24, 2.45) is 0 Å². The molecule has 0 bridgehead atoms. The number of nitrogens with zero attached hydrogens (tertiary/aromatic N) is 3. The molecular formula is C35H31IrN3O-2. The molecule has 203 valence electrons. The van der Waals surface area contributed by atoms with E-state index in [1.54, 1.807) is 6.33 Å². The molecule has 0 atom stereocenters. The maximum atomic E-state index is 6.06. The van der Waals surface area contributed by atoms with Crippen molar-refractivity contribution in [3.63, 3.8) is 0 Å². The van der Waals surface area contributed by atoms with Crippen molar-refractivity contribution in [3.05, 3.63) is 126 Å². The minimum absolute atomic E-state index is 0. The van der Waals surface area contributed by atoms with Crippen molar-refractivity contribution in [3.8, 4) is 33.8 Å². The van der Waals surface area contributed by atoms with Gasteiger partial charge < -0.3 is 9.40 Å². The molecule has 0 saturated carbocycles. The molecule has 0 aliphatic heterocycles. The van der Waals surface area contributed by atoms with Crippen molar-refractivity contribution in [1.82, 2.24) is 15.0 Å². The molecule has 0 aliphatic carbocycles. The van der Waals surface area contributed by atoms with Crippen LogP contribution in [0, 0.1) is 26.0 Å². The molecule has 3 aromatic heterocycles. The monoisotopic (exact) mass is 702 g/mol. The number of hydrogen-bond acceptors (Lipinski definition) is 4. The SMILES string of the molecule is Cc1c(-c2ccccc2)oc2ncnc(-c3[c-]cc(C(C)(C)C)cc3)c12.Cc1cccc(-c2[c-]cccc2)n1.[Ir]. The summed E-state index contributed by atoms with van der Waals surface area (Å²) in [5, 5.41) is 0.950. The van der Waals surface area contributed by atoms with Gasteiger partial charge >= 0.3 is 0 Å². The predicted octanol–water partition coefficient (Wildman–Crippen LogP) is 8.82. The molecule has 3 aromatic carbocycles. The van der Waals surface area contributed by atoms with Crippen LogP contribution < -0.4 is 0 Å². The first-order valence-electron chi connectivity index (χ1n) is 13.0. The second kappa shape index (κ2) is 12.5. The van der Waals surface area contributed by atoms with E-state index in [1.165, 1.54) is 5.56 Å². The Morgan fingerprint density at radius 2 is 1.52 bits per heavy atom. The second-order valence-electron chi connectivity index (χ2n) is 10.5. The summed E-state index contributed by atoms with van der Waals surface area (Å²) in [7, 11) is 0. The van der Waals surface area contributed by atoms with E-state index < -0.39 is 0 Å². The van der Waals surface area contributed by atoms with Gasteiger partial charge in [0.15, 0.2) is 0 Å². The van der Waals surface area contributed by atoms with Gasteiger partial charge in [0.2, 0.25) is 5.71 Å². The fourth-order valence-corrected chi connectivity index (χ4v) is 4.43. The molecule has 0 N–H and O–H groups in total. The molecule has 5 heteroatoms. The summed E-state index contributed by atoms with van der Waals surface area (Å²) in [6.45, 7) is 10.7. The Balaban J connectivity index is 0.000000223. The first kappa shape index (κ1) is 29.1. The van der Waals surface area contributed by atoms with Crippen LogP contribution in [0.3, 0.4) is 0 Å². The van der Waals surface area contributed by atoms with Gasteiger partial charge in [-0.2, -0.15) is 0 Å². The van der Waals surface area contributed by atoms with Gasteiger partial charge in [0.1, 0.15) is 12.1 Å². The van der Waals surface area contributed by atoms with Gasteiger partial charge in [0.05, 0.1) is 0 Å². The third-order valence-electron chi connectivity index (χ3n) is 6.57. The van der Waals surface area contributed by atoms with Gasteiger partial charge in [0.25, 0.3) is 0 Å². The average molecular weight is 702 g/mol. The van der Waals surface area contributed by atoms with Gasteiger partial charge in [0, 0.05) is 42.4 Å². The zero-order valence-electron chi connectivity index (χ0n) is 23.3. The van der Waals surface area contributed by atoms with Crippen molar-refractivity contribution >= 4 is 11.1 Å². The van der Waals surface area contributed by atoms with Gasteiger partial charge in [-0.1, -0.05) is 63.2 Å². The van der Waals surface area contributed by atoms with E-state index in [2.05, 4.69) is 73.0 Å². The molecule has 0 amide bonds. The zero-order valence-corrected chi connectivity index (χ0v) is 25.7. The Labute approximate surface area is 249 Å². The van der Waals surface area contributed by atoms with Crippen molar-refractivity contribution in [2.45, 2.75) is 40.0 Å². The first-order chi connectivity index (χ1) is 18.8. The molecule has 1 radical (unpaired) electrons. The number of furan rings is 1. The molecule has 3 heterocycles. The summed E-state index contributed by atoms with van der Waals surface area (Å²) >= 11 is 0. The zero-order chi connectivity index (χ0) is 27.4. The summed E-state index contributed by atoms with van der Waals surface area (Å²) in [5.41, 5.74) is 8.94. The fourth-order valence-electron chi connectivity index (χ4n) is 4.43. The van der Waals surface area contributed by atoms with Crippen LogP contribution in [0.4, 0.5) is 0 Å². The van der Waals surface area contributed by atoms with Crippen LogP contribution in [0.1, 0.15) is 37.6 Å². The number of aryl methyl sites for hydroxylation is 2. The van der Waals surface area contributed by atoms with Crippen LogP contribution >= 0.6 is 0 Å². The Kier molecular flexibility index (Phi) is 9.09. The normalized spacial score (nSPS) is 10.9. The van der Waals surface area contributed by atoms with Crippen LogP contribution in [0.15, 0.2) is 102 Å². The molecule has 0 saturated heterocycles. The molecular weight excluding hydrogens is 671 g/mol. The third-order valence-corrected chi connectivity index (χ3v) is 6.57.